The van der Waals surface area contributed by atoms with Crippen molar-refractivity contribution in [1.29, 1.82) is 0 Å². The van der Waals surface area contributed by atoms with Crippen molar-refractivity contribution in [3.8, 4) is 11.1 Å². The largest absolute Gasteiger partial charge is 0.370 e. The van der Waals surface area contributed by atoms with Crippen molar-refractivity contribution in [2.75, 3.05) is 5.32 Å². The van der Waals surface area contributed by atoms with Gasteiger partial charge in [0.25, 0.3) is 0 Å². The molecule has 0 aliphatic heterocycles. The summed E-state index contributed by atoms with van der Waals surface area (Å²) in [6.07, 6.45) is 6.59. The number of nitrogens with two attached hydrogens (primary N) is 1. The van der Waals surface area contributed by atoms with Gasteiger partial charge in [-0.25, -0.2) is 9.98 Å². The Labute approximate surface area is 183 Å². The van der Waals surface area contributed by atoms with Gasteiger partial charge in [0.05, 0.1) is 12.9 Å². The summed E-state index contributed by atoms with van der Waals surface area (Å²) < 4.78 is 2.06. The third-order valence-corrected chi connectivity index (χ3v) is 5.23. The van der Waals surface area contributed by atoms with Crippen molar-refractivity contribution in [3.05, 3.63) is 108 Å². The Balaban J connectivity index is 1.47. The minimum Gasteiger partial charge on any atom is -0.370 e. The van der Waals surface area contributed by atoms with Crippen LogP contribution in [0, 0.1) is 0 Å². The average Bonchev–Trinajstić information content (AvgIpc) is 3.32. The smallest absolute Gasteiger partial charge is 0.193 e. The van der Waals surface area contributed by atoms with Crippen LogP contribution in [0.3, 0.4) is 0 Å². The molecule has 0 atom stereocenters. The summed E-state index contributed by atoms with van der Waals surface area (Å²) in [4.78, 5) is 8.67. The zero-order chi connectivity index (χ0) is 21.5. The van der Waals surface area contributed by atoms with Crippen LogP contribution in [0.25, 0.3) is 11.1 Å². The number of imidazole rings is 1. The molecule has 0 spiro atoms. The van der Waals surface area contributed by atoms with Crippen LogP contribution in [0.1, 0.15) is 23.6 Å². The highest BCUT2D eigenvalue weighted by atomic mass is 15.1. The first-order valence-corrected chi connectivity index (χ1v) is 10.5. The molecule has 0 aliphatic carbocycles. The standard InChI is InChI=1S/C26H27N5/c1-2-20-6-5-8-24(16-20)30-26(27)29-17-23-7-3-4-9-25(23)22-12-10-21(11-13-22)18-31-15-14-28-19-31/h3-16,19H,2,17-18H2,1H3,(H3,27,29,30). The Morgan fingerprint density at radius 3 is 2.61 bits per heavy atom. The molecule has 3 N–H and O–H groups in total. The number of aryl methyl sites for hydroxylation is 1. The van der Waals surface area contributed by atoms with Gasteiger partial charge >= 0.3 is 0 Å². The van der Waals surface area contributed by atoms with Gasteiger partial charge in [-0.3, -0.25) is 0 Å². The molecule has 4 aromatic rings. The molecule has 5 heteroatoms. The van der Waals surface area contributed by atoms with Gasteiger partial charge in [-0.2, -0.15) is 0 Å². The number of anilines is 1. The van der Waals surface area contributed by atoms with Crippen molar-refractivity contribution in [2.24, 2.45) is 10.7 Å². The van der Waals surface area contributed by atoms with Crippen LogP contribution in [0.4, 0.5) is 5.69 Å². The Kier molecular flexibility index (Phi) is 6.43. The molecule has 0 amide bonds. The Morgan fingerprint density at radius 2 is 1.84 bits per heavy atom. The lowest BCUT2D eigenvalue weighted by Gasteiger charge is -2.11. The summed E-state index contributed by atoms with van der Waals surface area (Å²) in [5.41, 5.74) is 13.1. The molecule has 1 aromatic heterocycles. The van der Waals surface area contributed by atoms with E-state index in [1.165, 1.54) is 22.3 Å². The number of nitrogens with zero attached hydrogens (tertiary/aromatic N) is 3. The van der Waals surface area contributed by atoms with Crippen molar-refractivity contribution in [3.63, 3.8) is 0 Å². The molecule has 5 nitrogen and oxygen atoms in total. The summed E-state index contributed by atoms with van der Waals surface area (Å²) in [6.45, 7) is 3.46. The fourth-order valence-electron chi connectivity index (χ4n) is 3.55. The molecule has 0 unspecified atom stereocenters. The highest BCUT2D eigenvalue weighted by molar-refractivity contribution is 5.92. The minimum absolute atomic E-state index is 0.415. The minimum atomic E-state index is 0.415. The van der Waals surface area contributed by atoms with Crippen LogP contribution < -0.4 is 11.1 Å². The average molecular weight is 410 g/mol. The van der Waals surface area contributed by atoms with E-state index in [9.17, 15) is 0 Å². The Bertz CT molecular complexity index is 1140. The maximum atomic E-state index is 6.15. The first-order chi connectivity index (χ1) is 15.2. The summed E-state index contributed by atoms with van der Waals surface area (Å²) in [7, 11) is 0. The van der Waals surface area contributed by atoms with Crippen molar-refractivity contribution >= 4 is 11.6 Å². The number of guanidine groups is 1. The molecule has 1 heterocycles. The molecule has 0 saturated heterocycles. The SMILES string of the molecule is CCc1cccc(NC(N)=NCc2ccccc2-c2ccc(Cn3ccnc3)cc2)c1. The number of rotatable bonds is 7. The normalized spacial score (nSPS) is 11.5. The second-order valence-electron chi connectivity index (χ2n) is 7.47. The second-order valence-corrected chi connectivity index (χ2v) is 7.47. The first-order valence-electron chi connectivity index (χ1n) is 10.5. The van der Waals surface area contributed by atoms with E-state index >= 15 is 0 Å². The quantitative estimate of drug-likeness (QED) is 0.330. The van der Waals surface area contributed by atoms with Gasteiger partial charge in [-0.1, -0.05) is 67.6 Å². The van der Waals surface area contributed by atoms with Crippen molar-refractivity contribution in [1.82, 2.24) is 9.55 Å². The van der Waals surface area contributed by atoms with Crippen molar-refractivity contribution in [2.45, 2.75) is 26.4 Å². The molecule has 156 valence electrons. The zero-order valence-corrected chi connectivity index (χ0v) is 17.7. The maximum Gasteiger partial charge on any atom is 0.193 e. The molecular weight excluding hydrogens is 382 g/mol. The molecule has 3 aromatic carbocycles. The fourth-order valence-corrected chi connectivity index (χ4v) is 3.55. The lowest BCUT2D eigenvalue weighted by atomic mass is 9.98. The van der Waals surface area contributed by atoms with E-state index in [0.717, 1.165) is 24.2 Å². The Morgan fingerprint density at radius 1 is 1.00 bits per heavy atom. The fraction of sp³-hybridized carbons (Fsp3) is 0.154. The predicted octanol–water partition coefficient (Wildman–Crippen LogP) is 5.09. The number of hydrogen-bond acceptors (Lipinski definition) is 2. The third kappa shape index (κ3) is 5.39. The van der Waals surface area contributed by atoms with E-state index in [1.54, 1.807) is 6.20 Å². The van der Waals surface area contributed by atoms with Crippen LogP contribution >= 0.6 is 0 Å². The topological polar surface area (TPSA) is 68.2 Å². The zero-order valence-electron chi connectivity index (χ0n) is 17.7. The van der Waals surface area contributed by atoms with E-state index < -0.39 is 0 Å². The van der Waals surface area contributed by atoms with Crippen molar-refractivity contribution < 1.29 is 0 Å². The summed E-state index contributed by atoms with van der Waals surface area (Å²) in [6, 6.07) is 25.2. The molecular formula is C26H27N5. The summed E-state index contributed by atoms with van der Waals surface area (Å²) >= 11 is 0. The van der Waals surface area contributed by atoms with Gasteiger partial charge < -0.3 is 15.6 Å². The highest BCUT2D eigenvalue weighted by Gasteiger charge is 2.05. The van der Waals surface area contributed by atoms with Gasteiger partial charge in [-0.15, -0.1) is 0 Å². The number of aromatic nitrogens is 2. The number of aliphatic imine (C=N–C) groups is 1. The number of benzene rings is 3. The molecule has 31 heavy (non-hydrogen) atoms. The lowest BCUT2D eigenvalue weighted by molar-refractivity contribution is 0.797. The van der Waals surface area contributed by atoms with E-state index in [2.05, 4.69) is 81.4 Å². The summed E-state index contributed by atoms with van der Waals surface area (Å²) in [5, 5.41) is 3.19. The van der Waals surface area contributed by atoms with Crippen LogP contribution in [0.15, 0.2) is 96.5 Å². The molecule has 0 bridgehead atoms. The predicted molar refractivity (Wildman–Crippen MR) is 128 cm³/mol. The van der Waals surface area contributed by atoms with Crippen LogP contribution in [-0.4, -0.2) is 15.5 Å². The lowest BCUT2D eigenvalue weighted by Crippen LogP contribution is -2.22. The molecule has 0 aliphatic rings. The van der Waals surface area contributed by atoms with E-state index in [1.807, 2.05) is 30.7 Å². The maximum absolute atomic E-state index is 6.15. The van der Waals surface area contributed by atoms with Crippen LogP contribution in [0.5, 0.6) is 0 Å². The van der Waals surface area contributed by atoms with Crippen LogP contribution in [-0.2, 0) is 19.5 Å². The number of hydrogen-bond donors (Lipinski definition) is 2. The first kappa shape index (κ1) is 20.4. The van der Waals surface area contributed by atoms with Gasteiger partial charge in [0.1, 0.15) is 0 Å². The van der Waals surface area contributed by atoms with Gasteiger partial charge in [0, 0.05) is 24.6 Å². The van der Waals surface area contributed by atoms with Gasteiger partial charge in [0.15, 0.2) is 5.96 Å². The van der Waals surface area contributed by atoms with E-state index in [4.69, 9.17) is 5.73 Å². The molecule has 0 saturated carbocycles. The number of nitrogens with one attached hydrogen (secondary N) is 1. The van der Waals surface area contributed by atoms with E-state index in [0.29, 0.717) is 12.5 Å². The van der Waals surface area contributed by atoms with Crippen LogP contribution in [0.2, 0.25) is 0 Å². The molecule has 4 rings (SSSR count). The molecule has 0 radical (unpaired) electrons. The third-order valence-electron chi connectivity index (χ3n) is 5.23. The monoisotopic (exact) mass is 409 g/mol. The summed E-state index contributed by atoms with van der Waals surface area (Å²) in [5.74, 6) is 0.415. The Hall–Kier alpha value is -3.86. The molecule has 0 fully saturated rings. The van der Waals surface area contributed by atoms with E-state index in [-0.39, 0.29) is 0 Å². The highest BCUT2D eigenvalue weighted by Crippen LogP contribution is 2.25. The van der Waals surface area contributed by atoms with Gasteiger partial charge in [0.2, 0.25) is 0 Å². The van der Waals surface area contributed by atoms with Gasteiger partial charge in [-0.05, 0) is 46.4 Å². The second kappa shape index (κ2) is 9.76.